The topological polar surface area (TPSA) is 92.2 Å². The first-order chi connectivity index (χ1) is 11.0. The van der Waals surface area contributed by atoms with Crippen LogP contribution in [0, 0.1) is 6.92 Å². The van der Waals surface area contributed by atoms with Crippen molar-refractivity contribution in [2.75, 3.05) is 0 Å². The number of carboxylic acids is 1. The Morgan fingerprint density at radius 3 is 2.48 bits per heavy atom. The molecule has 23 heavy (non-hydrogen) atoms. The average Bonchev–Trinajstić information content (AvgIpc) is 2.82. The molecular formula is C16H22N2O4S. The number of hydrogen-bond donors (Lipinski definition) is 2. The molecular weight excluding hydrogens is 316 g/mol. The van der Waals surface area contributed by atoms with E-state index in [0.29, 0.717) is 22.3 Å². The number of nitrogens with zero attached hydrogens (tertiary/aromatic N) is 1. The molecule has 0 aliphatic carbocycles. The average molecular weight is 338 g/mol. The van der Waals surface area contributed by atoms with Crippen molar-refractivity contribution >= 4 is 27.5 Å². The molecule has 2 heterocycles. The molecule has 2 aromatic heterocycles. The summed E-state index contributed by atoms with van der Waals surface area (Å²) in [6, 6.07) is 0. The molecule has 0 aliphatic rings. The summed E-state index contributed by atoms with van der Waals surface area (Å²) < 4.78 is 1.19. The molecule has 2 aromatic rings. The van der Waals surface area contributed by atoms with Crippen LogP contribution < -0.4 is 11.2 Å². The van der Waals surface area contributed by atoms with Crippen LogP contribution in [-0.2, 0) is 6.54 Å². The zero-order valence-electron chi connectivity index (χ0n) is 13.5. The number of unbranched alkanes of at least 4 members (excludes halogenated alkanes) is 5. The number of aromatic carboxylic acids is 1. The third-order valence-corrected chi connectivity index (χ3v) is 5.20. The van der Waals surface area contributed by atoms with Gasteiger partial charge in [0.1, 0.15) is 9.71 Å². The second-order valence-corrected chi connectivity index (χ2v) is 6.74. The number of hydrogen-bond acceptors (Lipinski definition) is 4. The summed E-state index contributed by atoms with van der Waals surface area (Å²) >= 11 is 0.938. The number of carboxylic acid groups (broad SMARTS) is 1. The largest absolute Gasteiger partial charge is 0.477 e. The number of thiophene rings is 1. The van der Waals surface area contributed by atoms with Crippen molar-refractivity contribution in [3.05, 3.63) is 31.3 Å². The maximum Gasteiger partial charge on any atom is 0.346 e. The maximum absolute atomic E-state index is 12.5. The summed E-state index contributed by atoms with van der Waals surface area (Å²) in [4.78, 5) is 38.9. The molecule has 0 saturated carbocycles. The van der Waals surface area contributed by atoms with Gasteiger partial charge in [0.05, 0.1) is 5.39 Å². The van der Waals surface area contributed by atoms with E-state index in [1.807, 2.05) is 0 Å². The van der Waals surface area contributed by atoms with E-state index in [-0.39, 0.29) is 4.88 Å². The summed E-state index contributed by atoms with van der Waals surface area (Å²) in [5.41, 5.74) is -0.428. The van der Waals surface area contributed by atoms with Gasteiger partial charge < -0.3 is 5.11 Å². The lowest BCUT2D eigenvalue weighted by molar-refractivity contribution is 0.0701. The highest BCUT2D eigenvalue weighted by atomic mass is 32.1. The van der Waals surface area contributed by atoms with E-state index >= 15 is 0 Å². The van der Waals surface area contributed by atoms with Crippen molar-refractivity contribution in [1.82, 2.24) is 9.55 Å². The van der Waals surface area contributed by atoms with Gasteiger partial charge in [-0.15, -0.1) is 11.3 Å². The fourth-order valence-electron chi connectivity index (χ4n) is 2.71. The summed E-state index contributed by atoms with van der Waals surface area (Å²) in [6.45, 7) is 4.13. The van der Waals surface area contributed by atoms with Crippen LogP contribution in [0.2, 0.25) is 0 Å². The number of nitrogens with one attached hydrogen (secondary N) is 1. The fourth-order valence-corrected chi connectivity index (χ4v) is 3.74. The molecule has 0 spiro atoms. The van der Waals surface area contributed by atoms with Crippen molar-refractivity contribution in [2.45, 2.75) is 58.9 Å². The fraction of sp³-hybridized carbons (Fsp3) is 0.562. The van der Waals surface area contributed by atoms with Gasteiger partial charge in [0, 0.05) is 6.54 Å². The Morgan fingerprint density at radius 1 is 1.17 bits per heavy atom. The minimum atomic E-state index is -1.08. The molecule has 2 N–H and O–H groups in total. The molecule has 0 radical (unpaired) electrons. The van der Waals surface area contributed by atoms with Gasteiger partial charge >= 0.3 is 11.7 Å². The van der Waals surface area contributed by atoms with Gasteiger partial charge in [-0.05, 0) is 18.9 Å². The molecule has 2 rings (SSSR count). The lowest BCUT2D eigenvalue weighted by atomic mass is 10.1. The molecule has 0 atom stereocenters. The smallest absolute Gasteiger partial charge is 0.346 e. The van der Waals surface area contributed by atoms with Crippen LogP contribution in [0.5, 0.6) is 0 Å². The first kappa shape index (κ1) is 17.5. The van der Waals surface area contributed by atoms with Gasteiger partial charge in [-0.1, -0.05) is 39.0 Å². The summed E-state index contributed by atoms with van der Waals surface area (Å²) in [6.07, 6.45) is 6.41. The Labute approximate surface area is 137 Å². The Hall–Kier alpha value is -1.89. The lowest BCUT2D eigenvalue weighted by Crippen LogP contribution is -2.34. The molecule has 7 heteroatoms. The van der Waals surface area contributed by atoms with E-state index < -0.39 is 17.2 Å². The Morgan fingerprint density at radius 2 is 1.83 bits per heavy atom. The lowest BCUT2D eigenvalue weighted by Gasteiger charge is -2.05. The van der Waals surface area contributed by atoms with Gasteiger partial charge in [-0.25, -0.2) is 9.59 Å². The number of aryl methyl sites for hydroxylation is 1. The monoisotopic (exact) mass is 338 g/mol. The number of aromatic nitrogens is 2. The molecule has 0 aliphatic heterocycles. The van der Waals surface area contributed by atoms with Gasteiger partial charge in [0.15, 0.2) is 0 Å². The SMILES string of the molecule is CCCCCCCCn1c(=O)[nH]c2sc(C(=O)O)c(C)c2c1=O. The predicted octanol–water partition coefficient (Wildman–Crippen LogP) is 3.12. The molecule has 0 saturated heterocycles. The number of H-pyrrole nitrogens is 1. The van der Waals surface area contributed by atoms with E-state index in [9.17, 15) is 14.4 Å². The quantitative estimate of drug-likeness (QED) is 0.723. The van der Waals surface area contributed by atoms with E-state index in [1.165, 1.54) is 23.8 Å². The summed E-state index contributed by atoms with van der Waals surface area (Å²) in [5, 5.41) is 9.47. The number of rotatable bonds is 8. The number of fused-ring (bicyclic) bond motifs is 1. The standard InChI is InChI=1S/C16H22N2O4S/c1-3-4-5-6-7-8-9-18-14(19)11-10(2)12(15(20)21)23-13(11)17-16(18)22/h3-9H2,1-2H3,(H,17,22)(H,20,21). The van der Waals surface area contributed by atoms with Gasteiger partial charge in [-0.3, -0.25) is 14.3 Å². The van der Waals surface area contributed by atoms with Crippen molar-refractivity contribution < 1.29 is 9.90 Å². The van der Waals surface area contributed by atoms with Crippen LogP contribution in [-0.4, -0.2) is 20.6 Å². The second kappa shape index (κ2) is 7.59. The highest BCUT2D eigenvalue weighted by Gasteiger charge is 2.19. The van der Waals surface area contributed by atoms with Crippen molar-refractivity contribution in [3.63, 3.8) is 0 Å². The van der Waals surface area contributed by atoms with E-state index in [0.717, 1.165) is 30.6 Å². The molecule has 0 fully saturated rings. The Bertz CT molecular complexity index is 816. The molecule has 0 bridgehead atoms. The van der Waals surface area contributed by atoms with Crippen molar-refractivity contribution in [2.24, 2.45) is 0 Å². The zero-order chi connectivity index (χ0) is 17.0. The number of aromatic amines is 1. The van der Waals surface area contributed by atoms with Crippen LogP contribution in [0.25, 0.3) is 10.2 Å². The molecule has 0 unspecified atom stereocenters. The van der Waals surface area contributed by atoms with Crippen LogP contribution in [0.1, 0.15) is 60.7 Å². The molecule has 0 aromatic carbocycles. The van der Waals surface area contributed by atoms with Gasteiger partial charge in [0.25, 0.3) is 5.56 Å². The van der Waals surface area contributed by atoms with E-state index in [1.54, 1.807) is 6.92 Å². The number of carbonyl (C=O) groups is 1. The first-order valence-electron chi connectivity index (χ1n) is 7.96. The third kappa shape index (κ3) is 3.72. The van der Waals surface area contributed by atoms with Crippen molar-refractivity contribution in [1.29, 1.82) is 0 Å². The molecule has 126 valence electrons. The van der Waals surface area contributed by atoms with E-state index in [4.69, 9.17) is 5.11 Å². The summed E-state index contributed by atoms with van der Waals surface area (Å²) in [7, 11) is 0. The summed E-state index contributed by atoms with van der Waals surface area (Å²) in [5.74, 6) is -1.08. The third-order valence-electron chi connectivity index (χ3n) is 4.00. The first-order valence-corrected chi connectivity index (χ1v) is 8.78. The Balaban J connectivity index is 2.24. The normalized spacial score (nSPS) is 11.2. The van der Waals surface area contributed by atoms with Crippen LogP contribution in [0.4, 0.5) is 0 Å². The van der Waals surface area contributed by atoms with Crippen LogP contribution in [0.3, 0.4) is 0 Å². The Kier molecular flexibility index (Phi) is 5.76. The van der Waals surface area contributed by atoms with Crippen molar-refractivity contribution in [3.8, 4) is 0 Å². The minimum absolute atomic E-state index is 0.102. The maximum atomic E-state index is 12.5. The minimum Gasteiger partial charge on any atom is -0.477 e. The highest BCUT2D eigenvalue weighted by Crippen LogP contribution is 2.26. The van der Waals surface area contributed by atoms with Gasteiger partial charge in [0.2, 0.25) is 0 Å². The van der Waals surface area contributed by atoms with Gasteiger partial charge in [-0.2, -0.15) is 0 Å². The highest BCUT2D eigenvalue weighted by molar-refractivity contribution is 7.20. The second-order valence-electron chi connectivity index (χ2n) is 5.72. The molecule has 0 amide bonds. The molecule has 6 nitrogen and oxygen atoms in total. The zero-order valence-corrected chi connectivity index (χ0v) is 14.3. The predicted molar refractivity (Wildman–Crippen MR) is 91.8 cm³/mol. The van der Waals surface area contributed by atoms with E-state index in [2.05, 4.69) is 11.9 Å². The van der Waals surface area contributed by atoms with Crippen LogP contribution >= 0.6 is 11.3 Å². The van der Waals surface area contributed by atoms with Crippen LogP contribution in [0.15, 0.2) is 9.59 Å².